The minimum atomic E-state index is 0.564. The maximum absolute atomic E-state index is 6.11. The van der Waals surface area contributed by atoms with Gasteiger partial charge in [-0.05, 0) is 47.5 Å². The Morgan fingerprint density at radius 1 is 1.05 bits per heavy atom. The zero-order chi connectivity index (χ0) is 14.5. The SMILES string of the molecule is CCNCc1cc(OC)ccc1-c1ccc(Cl)c(Cl)c1. The summed E-state index contributed by atoms with van der Waals surface area (Å²) in [6, 6.07) is 11.7. The summed E-state index contributed by atoms with van der Waals surface area (Å²) >= 11 is 12.1. The van der Waals surface area contributed by atoms with Crippen LogP contribution in [0.25, 0.3) is 11.1 Å². The first kappa shape index (κ1) is 15.2. The molecule has 106 valence electrons. The monoisotopic (exact) mass is 309 g/mol. The predicted octanol–water partition coefficient (Wildman–Crippen LogP) is 4.78. The zero-order valence-electron chi connectivity index (χ0n) is 11.5. The van der Waals surface area contributed by atoms with Crippen molar-refractivity contribution in [2.75, 3.05) is 13.7 Å². The minimum Gasteiger partial charge on any atom is -0.497 e. The van der Waals surface area contributed by atoms with Crippen LogP contribution in [0.4, 0.5) is 0 Å². The Morgan fingerprint density at radius 2 is 1.85 bits per heavy atom. The molecule has 2 aromatic carbocycles. The zero-order valence-corrected chi connectivity index (χ0v) is 13.1. The molecular formula is C16H17Cl2NO. The molecule has 0 atom stereocenters. The highest BCUT2D eigenvalue weighted by Gasteiger charge is 2.08. The highest BCUT2D eigenvalue weighted by Crippen LogP contribution is 2.32. The first-order valence-corrected chi connectivity index (χ1v) is 7.24. The van der Waals surface area contributed by atoms with Crippen LogP contribution in [0.15, 0.2) is 36.4 Å². The van der Waals surface area contributed by atoms with Crippen molar-refractivity contribution in [1.29, 1.82) is 0 Å². The van der Waals surface area contributed by atoms with Crippen molar-refractivity contribution in [3.8, 4) is 16.9 Å². The van der Waals surface area contributed by atoms with E-state index in [1.165, 1.54) is 5.56 Å². The molecule has 0 saturated carbocycles. The van der Waals surface area contributed by atoms with Gasteiger partial charge in [0, 0.05) is 6.54 Å². The van der Waals surface area contributed by atoms with E-state index in [-0.39, 0.29) is 0 Å². The highest BCUT2D eigenvalue weighted by atomic mass is 35.5. The summed E-state index contributed by atoms with van der Waals surface area (Å²) in [6.45, 7) is 3.78. The van der Waals surface area contributed by atoms with E-state index in [1.807, 2.05) is 36.4 Å². The van der Waals surface area contributed by atoms with Crippen LogP contribution in [0.5, 0.6) is 5.75 Å². The standard InChI is InChI=1S/C16H17Cl2NO/c1-3-19-10-12-8-13(20-2)5-6-14(12)11-4-7-15(17)16(18)9-11/h4-9,19H,3,10H2,1-2H3. The van der Waals surface area contributed by atoms with E-state index in [0.717, 1.165) is 30.0 Å². The van der Waals surface area contributed by atoms with Crippen LogP contribution in [-0.2, 0) is 6.54 Å². The molecule has 0 spiro atoms. The predicted molar refractivity (Wildman–Crippen MR) is 85.8 cm³/mol. The van der Waals surface area contributed by atoms with Crippen molar-refractivity contribution in [2.45, 2.75) is 13.5 Å². The summed E-state index contributed by atoms with van der Waals surface area (Å²) < 4.78 is 5.29. The average molecular weight is 310 g/mol. The molecular weight excluding hydrogens is 293 g/mol. The Balaban J connectivity index is 2.45. The number of methoxy groups -OCH3 is 1. The largest absolute Gasteiger partial charge is 0.497 e. The lowest BCUT2D eigenvalue weighted by Crippen LogP contribution is -2.12. The number of hydrogen-bond donors (Lipinski definition) is 1. The Labute approximate surface area is 129 Å². The second kappa shape index (κ2) is 6.98. The number of hydrogen-bond acceptors (Lipinski definition) is 2. The second-order valence-corrected chi connectivity index (χ2v) is 5.25. The topological polar surface area (TPSA) is 21.3 Å². The quantitative estimate of drug-likeness (QED) is 0.858. The lowest BCUT2D eigenvalue weighted by atomic mass is 9.99. The molecule has 4 heteroatoms. The van der Waals surface area contributed by atoms with Gasteiger partial charge in [0.1, 0.15) is 5.75 Å². The summed E-state index contributed by atoms with van der Waals surface area (Å²) in [6.07, 6.45) is 0. The van der Waals surface area contributed by atoms with Crippen LogP contribution in [0.3, 0.4) is 0 Å². The molecule has 0 amide bonds. The maximum Gasteiger partial charge on any atom is 0.119 e. The summed E-state index contributed by atoms with van der Waals surface area (Å²) in [5.41, 5.74) is 3.35. The molecule has 0 aliphatic carbocycles. The number of ether oxygens (including phenoxy) is 1. The molecule has 0 aliphatic rings. The van der Waals surface area contributed by atoms with Gasteiger partial charge in [-0.15, -0.1) is 0 Å². The fraction of sp³-hybridized carbons (Fsp3) is 0.250. The van der Waals surface area contributed by atoms with Crippen molar-refractivity contribution in [3.63, 3.8) is 0 Å². The van der Waals surface area contributed by atoms with Crippen LogP contribution in [0, 0.1) is 0 Å². The summed E-state index contributed by atoms with van der Waals surface area (Å²) in [5.74, 6) is 0.849. The number of nitrogens with one attached hydrogen (secondary N) is 1. The molecule has 2 nitrogen and oxygen atoms in total. The van der Waals surface area contributed by atoms with Crippen molar-refractivity contribution in [3.05, 3.63) is 52.0 Å². The molecule has 20 heavy (non-hydrogen) atoms. The van der Waals surface area contributed by atoms with Crippen molar-refractivity contribution < 1.29 is 4.74 Å². The third-order valence-corrected chi connectivity index (χ3v) is 3.85. The number of halogens is 2. The fourth-order valence-corrected chi connectivity index (χ4v) is 2.35. The molecule has 0 aromatic heterocycles. The minimum absolute atomic E-state index is 0.564. The van der Waals surface area contributed by atoms with Crippen LogP contribution in [0.1, 0.15) is 12.5 Å². The molecule has 0 heterocycles. The third-order valence-electron chi connectivity index (χ3n) is 3.11. The lowest BCUT2D eigenvalue weighted by Gasteiger charge is -2.13. The van der Waals surface area contributed by atoms with Gasteiger partial charge < -0.3 is 10.1 Å². The molecule has 0 saturated heterocycles. The number of benzene rings is 2. The van der Waals surface area contributed by atoms with Crippen LogP contribution in [0.2, 0.25) is 10.0 Å². The van der Waals surface area contributed by atoms with Crippen molar-refractivity contribution in [1.82, 2.24) is 5.32 Å². The van der Waals surface area contributed by atoms with E-state index in [4.69, 9.17) is 27.9 Å². The van der Waals surface area contributed by atoms with Crippen molar-refractivity contribution in [2.24, 2.45) is 0 Å². The smallest absolute Gasteiger partial charge is 0.119 e. The molecule has 0 aliphatic heterocycles. The van der Waals surface area contributed by atoms with E-state index >= 15 is 0 Å². The van der Waals surface area contributed by atoms with Crippen LogP contribution >= 0.6 is 23.2 Å². The van der Waals surface area contributed by atoms with Gasteiger partial charge >= 0.3 is 0 Å². The van der Waals surface area contributed by atoms with Gasteiger partial charge in [0.2, 0.25) is 0 Å². The van der Waals surface area contributed by atoms with Gasteiger partial charge in [0.05, 0.1) is 17.2 Å². The van der Waals surface area contributed by atoms with E-state index in [1.54, 1.807) is 7.11 Å². The van der Waals surface area contributed by atoms with Crippen LogP contribution in [-0.4, -0.2) is 13.7 Å². The fourth-order valence-electron chi connectivity index (χ4n) is 2.05. The normalized spacial score (nSPS) is 10.6. The number of rotatable bonds is 5. The Morgan fingerprint density at radius 3 is 2.50 bits per heavy atom. The first-order chi connectivity index (χ1) is 9.65. The van der Waals surface area contributed by atoms with Gasteiger partial charge in [-0.1, -0.05) is 42.3 Å². The summed E-state index contributed by atoms with van der Waals surface area (Å²) in [5, 5.41) is 4.47. The van der Waals surface area contributed by atoms with Gasteiger partial charge in [-0.25, -0.2) is 0 Å². The maximum atomic E-state index is 6.11. The Kier molecular flexibility index (Phi) is 5.30. The molecule has 2 aromatic rings. The summed E-state index contributed by atoms with van der Waals surface area (Å²) in [4.78, 5) is 0. The Hall–Kier alpha value is -1.22. The van der Waals surface area contributed by atoms with Gasteiger partial charge in [-0.2, -0.15) is 0 Å². The molecule has 0 bridgehead atoms. The van der Waals surface area contributed by atoms with E-state index < -0.39 is 0 Å². The van der Waals surface area contributed by atoms with Gasteiger partial charge in [0.15, 0.2) is 0 Å². The first-order valence-electron chi connectivity index (χ1n) is 6.48. The second-order valence-electron chi connectivity index (χ2n) is 4.43. The van der Waals surface area contributed by atoms with Crippen molar-refractivity contribution >= 4 is 23.2 Å². The molecule has 0 unspecified atom stereocenters. The van der Waals surface area contributed by atoms with E-state index in [2.05, 4.69) is 12.2 Å². The van der Waals surface area contributed by atoms with E-state index in [9.17, 15) is 0 Å². The average Bonchev–Trinajstić information content (AvgIpc) is 2.47. The van der Waals surface area contributed by atoms with E-state index in [0.29, 0.717) is 10.0 Å². The van der Waals surface area contributed by atoms with Gasteiger partial charge in [-0.3, -0.25) is 0 Å². The van der Waals surface area contributed by atoms with Gasteiger partial charge in [0.25, 0.3) is 0 Å². The third kappa shape index (κ3) is 3.45. The van der Waals surface area contributed by atoms with Crippen LogP contribution < -0.4 is 10.1 Å². The Bertz CT molecular complexity index is 599. The molecule has 0 radical (unpaired) electrons. The molecule has 0 fully saturated rings. The molecule has 1 N–H and O–H groups in total. The lowest BCUT2D eigenvalue weighted by molar-refractivity contribution is 0.414. The highest BCUT2D eigenvalue weighted by molar-refractivity contribution is 6.42. The summed E-state index contributed by atoms with van der Waals surface area (Å²) in [7, 11) is 1.67. The molecule has 2 rings (SSSR count).